The zero-order valence-corrected chi connectivity index (χ0v) is 15.7. The van der Waals surface area contributed by atoms with E-state index in [-0.39, 0.29) is 11.0 Å². The van der Waals surface area contributed by atoms with E-state index in [0.717, 1.165) is 17.8 Å². The molecule has 0 amide bonds. The van der Waals surface area contributed by atoms with E-state index in [2.05, 4.69) is 14.9 Å². The summed E-state index contributed by atoms with van der Waals surface area (Å²) in [5, 5.41) is 0.578. The van der Waals surface area contributed by atoms with E-state index in [0.29, 0.717) is 47.4 Å². The van der Waals surface area contributed by atoms with Crippen LogP contribution in [0, 0.1) is 0 Å². The average Bonchev–Trinajstić information content (AvgIpc) is 2.77. The molecule has 2 aromatic carbocycles. The molecule has 1 aliphatic heterocycles. The molecule has 0 radical (unpaired) electrons. The van der Waals surface area contributed by atoms with Gasteiger partial charge in [-0.15, -0.1) is 0 Å². The third kappa shape index (κ3) is 3.28. The van der Waals surface area contributed by atoms with Gasteiger partial charge in [0.05, 0.1) is 22.9 Å². The second-order valence-corrected chi connectivity index (χ2v) is 7.25. The molecule has 0 saturated carbocycles. The molecule has 144 valence electrons. The Morgan fingerprint density at radius 1 is 1.03 bits per heavy atom. The molecule has 6 nitrogen and oxygen atoms in total. The van der Waals surface area contributed by atoms with Crippen LogP contribution in [0.1, 0.15) is 16.8 Å². The summed E-state index contributed by atoms with van der Waals surface area (Å²) >= 11 is 0. The molecule has 0 spiro atoms. The van der Waals surface area contributed by atoms with Crippen molar-refractivity contribution in [2.75, 3.05) is 6.54 Å². The minimum Gasteiger partial charge on any atom is -0.464 e. The van der Waals surface area contributed by atoms with Crippen molar-refractivity contribution in [3.05, 3.63) is 98.3 Å². The van der Waals surface area contributed by atoms with Crippen LogP contribution in [0.25, 0.3) is 22.4 Å². The van der Waals surface area contributed by atoms with Gasteiger partial charge < -0.3 is 9.40 Å². The van der Waals surface area contributed by atoms with Crippen LogP contribution in [0.2, 0.25) is 0 Å². The maximum absolute atomic E-state index is 12.7. The van der Waals surface area contributed by atoms with Crippen LogP contribution in [-0.2, 0) is 19.5 Å². The van der Waals surface area contributed by atoms with E-state index in [4.69, 9.17) is 4.42 Å². The largest absolute Gasteiger partial charge is 0.464 e. The van der Waals surface area contributed by atoms with Crippen LogP contribution in [-0.4, -0.2) is 21.4 Å². The Balaban J connectivity index is 1.43. The van der Waals surface area contributed by atoms with Gasteiger partial charge in [0.2, 0.25) is 0 Å². The number of nitrogens with zero attached hydrogens (tertiary/aromatic N) is 2. The first-order valence-corrected chi connectivity index (χ1v) is 9.58. The van der Waals surface area contributed by atoms with Crippen LogP contribution < -0.4 is 11.0 Å². The van der Waals surface area contributed by atoms with Crippen molar-refractivity contribution < 1.29 is 4.42 Å². The minimum absolute atomic E-state index is 0.0240. The Morgan fingerprint density at radius 3 is 2.69 bits per heavy atom. The number of aromatic amines is 1. The van der Waals surface area contributed by atoms with E-state index in [1.165, 1.54) is 6.26 Å². The number of para-hydroxylation sites is 1. The maximum atomic E-state index is 12.7. The van der Waals surface area contributed by atoms with Gasteiger partial charge in [-0.1, -0.05) is 42.5 Å². The summed E-state index contributed by atoms with van der Waals surface area (Å²) in [6.07, 6.45) is 2.19. The zero-order chi connectivity index (χ0) is 19.8. The fourth-order valence-corrected chi connectivity index (χ4v) is 3.82. The fraction of sp³-hybridized carbons (Fsp3) is 0.174. The summed E-state index contributed by atoms with van der Waals surface area (Å²) in [6.45, 7) is 1.62. The second kappa shape index (κ2) is 7.14. The second-order valence-electron chi connectivity index (χ2n) is 7.25. The number of aromatic nitrogens is 2. The highest BCUT2D eigenvalue weighted by molar-refractivity contribution is 5.76. The topological polar surface area (TPSA) is 79.2 Å². The number of rotatable bonds is 3. The van der Waals surface area contributed by atoms with Crippen LogP contribution in [0.3, 0.4) is 0 Å². The molecule has 0 fully saturated rings. The Hall–Kier alpha value is -3.51. The fourth-order valence-electron chi connectivity index (χ4n) is 3.82. The first-order chi connectivity index (χ1) is 14.2. The molecule has 29 heavy (non-hydrogen) atoms. The molecule has 6 heteroatoms. The molecule has 0 unspecified atom stereocenters. The SMILES string of the molecule is O=c1[nH]c(-c2ccccc2)nc2c1CN(Cc1coc3ccccc3c1=O)CC2. The molecule has 5 rings (SSSR count). The van der Waals surface area contributed by atoms with E-state index in [9.17, 15) is 9.59 Å². The lowest BCUT2D eigenvalue weighted by atomic mass is 10.1. The van der Waals surface area contributed by atoms with E-state index < -0.39 is 0 Å². The molecular weight excluding hydrogens is 366 g/mol. The Morgan fingerprint density at radius 2 is 1.83 bits per heavy atom. The molecule has 4 aromatic rings. The van der Waals surface area contributed by atoms with E-state index in [1.54, 1.807) is 12.1 Å². The van der Waals surface area contributed by atoms with Crippen molar-refractivity contribution in [3.63, 3.8) is 0 Å². The number of hydrogen-bond donors (Lipinski definition) is 1. The monoisotopic (exact) mass is 385 g/mol. The molecule has 0 bridgehead atoms. The van der Waals surface area contributed by atoms with Gasteiger partial charge in [-0.3, -0.25) is 14.5 Å². The van der Waals surface area contributed by atoms with E-state index >= 15 is 0 Å². The van der Waals surface area contributed by atoms with Crippen LogP contribution >= 0.6 is 0 Å². The molecule has 0 aliphatic carbocycles. The molecule has 2 aromatic heterocycles. The van der Waals surface area contributed by atoms with Gasteiger partial charge in [-0.2, -0.15) is 0 Å². The van der Waals surface area contributed by atoms with Crippen molar-refractivity contribution in [2.24, 2.45) is 0 Å². The molecule has 3 heterocycles. The van der Waals surface area contributed by atoms with Gasteiger partial charge in [0.15, 0.2) is 5.43 Å². The van der Waals surface area contributed by atoms with Gasteiger partial charge in [-0.05, 0) is 12.1 Å². The summed E-state index contributed by atoms with van der Waals surface area (Å²) < 4.78 is 5.62. The standard InChI is InChI=1S/C23H19N3O3/c27-21-16(14-29-20-9-5-4-8-17(20)21)12-26-11-10-19-18(13-26)23(28)25-22(24-19)15-6-2-1-3-7-15/h1-9,14H,10-13H2,(H,24,25,28). The van der Waals surface area contributed by atoms with Gasteiger partial charge in [0, 0.05) is 37.2 Å². The molecule has 0 atom stereocenters. The number of hydrogen-bond acceptors (Lipinski definition) is 5. The van der Waals surface area contributed by atoms with Crippen molar-refractivity contribution in [1.29, 1.82) is 0 Å². The smallest absolute Gasteiger partial charge is 0.255 e. The predicted octanol–water partition coefficient (Wildman–Crippen LogP) is 3.10. The first kappa shape index (κ1) is 17.6. The predicted molar refractivity (Wildman–Crippen MR) is 111 cm³/mol. The van der Waals surface area contributed by atoms with Gasteiger partial charge in [0.25, 0.3) is 5.56 Å². The van der Waals surface area contributed by atoms with Crippen molar-refractivity contribution >= 4 is 11.0 Å². The normalized spacial score (nSPS) is 14.1. The van der Waals surface area contributed by atoms with E-state index in [1.807, 2.05) is 42.5 Å². The highest BCUT2D eigenvalue weighted by Crippen LogP contribution is 2.20. The Kier molecular flexibility index (Phi) is 4.33. The Bertz CT molecular complexity index is 1310. The summed E-state index contributed by atoms with van der Waals surface area (Å²) in [7, 11) is 0. The first-order valence-electron chi connectivity index (χ1n) is 9.58. The maximum Gasteiger partial charge on any atom is 0.255 e. The van der Waals surface area contributed by atoms with Crippen LogP contribution in [0.4, 0.5) is 0 Å². The summed E-state index contributed by atoms with van der Waals surface area (Å²) in [5.74, 6) is 0.595. The minimum atomic E-state index is -0.121. The van der Waals surface area contributed by atoms with Gasteiger partial charge >= 0.3 is 0 Å². The lowest BCUT2D eigenvalue weighted by Crippen LogP contribution is -2.36. The Labute approximate surface area is 166 Å². The average molecular weight is 385 g/mol. The van der Waals surface area contributed by atoms with Crippen LogP contribution in [0.15, 0.2) is 74.9 Å². The summed E-state index contributed by atoms with van der Waals surface area (Å²) in [4.78, 5) is 35.1. The number of fused-ring (bicyclic) bond motifs is 2. The number of benzene rings is 2. The third-order valence-corrected chi connectivity index (χ3v) is 5.34. The molecule has 1 aliphatic rings. The highest BCUT2D eigenvalue weighted by atomic mass is 16.3. The molecular formula is C23H19N3O3. The number of nitrogens with one attached hydrogen (secondary N) is 1. The van der Waals surface area contributed by atoms with Crippen LogP contribution in [0.5, 0.6) is 0 Å². The molecule has 1 N–H and O–H groups in total. The quantitative estimate of drug-likeness (QED) is 0.586. The number of H-pyrrole nitrogens is 1. The van der Waals surface area contributed by atoms with Gasteiger partial charge in [-0.25, -0.2) is 4.98 Å². The highest BCUT2D eigenvalue weighted by Gasteiger charge is 2.22. The van der Waals surface area contributed by atoms with Gasteiger partial charge in [0.1, 0.15) is 11.4 Å². The summed E-state index contributed by atoms with van der Waals surface area (Å²) in [6, 6.07) is 16.9. The summed E-state index contributed by atoms with van der Waals surface area (Å²) in [5.41, 5.74) is 3.42. The van der Waals surface area contributed by atoms with Crippen molar-refractivity contribution in [3.8, 4) is 11.4 Å². The lowest BCUT2D eigenvalue weighted by Gasteiger charge is -2.27. The lowest BCUT2D eigenvalue weighted by molar-refractivity contribution is 0.239. The van der Waals surface area contributed by atoms with Crippen molar-refractivity contribution in [2.45, 2.75) is 19.5 Å². The van der Waals surface area contributed by atoms with Crippen molar-refractivity contribution in [1.82, 2.24) is 14.9 Å². The molecule has 0 saturated heterocycles. The zero-order valence-electron chi connectivity index (χ0n) is 15.7. The third-order valence-electron chi connectivity index (χ3n) is 5.34.